The van der Waals surface area contributed by atoms with Crippen LogP contribution in [0.1, 0.15) is 41.8 Å². The average Bonchev–Trinajstić information content (AvgIpc) is 3.25. The fourth-order valence-corrected chi connectivity index (χ4v) is 4.02. The Balaban J connectivity index is 1.45. The first-order valence-electron chi connectivity index (χ1n) is 9.94. The molecular weight excluding hydrogens is 383 g/mol. The van der Waals surface area contributed by atoms with Gasteiger partial charge in [0.25, 0.3) is 5.91 Å². The number of benzene rings is 1. The normalized spacial score (nSPS) is 16.0. The summed E-state index contributed by atoms with van der Waals surface area (Å²) in [5.41, 5.74) is 0.731. The van der Waals surface area contributed by atoms with Crippen LogP contribution in [0, 0.1) is 0 Å². The van der Waals surface area contributed by atoms with Crippen molar-refractivity contribution in [3.8, 4) is 0 Å². The molecule has 8 heteroatoms. The van der Waals surface area contributed by atoms with E-state index in [1.54, 1.807) is 17.7 Å². The van der Waals surface area contributed by atoms with Gasteiger partial charge < -0.3 is 19.2 Å². The van der Waals surface area contributed by atoms with Crippen LogP contribution in [0.25, 0.3) is 22.0 Å². The Labute approximate surface area is 166 Å². The Morgan fingerprint density at radius 2 is 1.90 bits per heavy atom. The maximum Gasteiger partial charge on any atom is 0.416 e. The largest absolute Gasteiger partial charge is 0.449 e. The highest BCUT2D eigenvalue weighted by molar-refractivity contribution is 6.07. The van der Waals surface area contributed by atoms with Crippen LogP contribution in [0.3, 0.4) is 0 Å². The van der Waals surface area contributed by atoms with Gasteiger partial charge >= 0.3 is 6.18 Å². The minimum atomic E-state index is -4.40. The van der Waals surface area contributed by atoms with Crippen LogP contribution in [0.2, 0.25) is 0 Å². The number of hydrogen-bond donors (Lipinski definition) is 1. The van der Waals surface area contributed by atoms with Gasteiger partial charge in [-0.2, -0.15) is 13.2 Å². The molecule has 0 atom stereocenters. The molecule has 0 spiro atoms. The molecule has 1 amide bonds. The summed E-state index contributed by atoms with van der Waals surface area (Å²) in [6.45, 7) is 3.77. The summed E-state index contributed by atoms with van der Waals surface area (Å²) >= 11 is 0. The van der Waals surface area contributed by atoms with Crippen molar-refractivity contribution >= 4 is 27.9 Å². The molecule has 0 bridgehead atoms. The molecule has 0 saturated carbocycles. The molecule has 3 heterocycles. The van der Waals surface area contributed by atoms with Crippen molar-refractivity contribution in [1.29, 1.82) is 0 Å². The second-order valence-electron chi connectivity index (χ2n) is 7.63. The predicted octanol–water partition coefficient (Wildman–Crippen LogP) is 4.55. The van der Waals surface area contributed by atoms with E-state index in [0.717, 1.165) is 38.2 Å². The number of halogens is 3. The molecule has 4 rings (SSSR count). The van der Waals surface area contributed by atoms with Crippen molar-refractivity contribution in [2.24, 2.45) is 7.05 Å². The zero-order valence-corrected chi connectivity index (χ0v) is 16.3. The molecule has 1 aliphatic heterocycles. The average molecular weight is 407 g/mol. The number of nitrogens with one attached hydrogen (secondary N) is 1. The number of alkyl halides is 3. The van der Waals surface area contributed by atoms with Gasteiger partial charge in [-0.05, 0) is 57.1 Å². The number of nitrogens with zero attached hydrogens (tertiary/aromatic N) is 2. The van der Waals surface area contributed by atoms with Crippen LogP contribution < -0.4 is 5.32 Å². The molecule has 0 radical (unpaired) electrons. The lowest BCUT2D eigenvalue weighted by Crippen LogP contribution is -2.33. The van der Waals surface area contributed by atoms with E-state index in [0.29, 0.717) is 28.5 Å². The van der Waals surface area contributed by atoms with Crippen LogP contribution in [0.4, 0.5) is 13.2 Å². The lowest BCUT2D eigenvalue weighted by Gasteiger charge is -2.26. The van der Waals surface area contributed by atoms with Crippen molar-refractivity contribution in [3.63, 3.8) is 0 Å². The van der Waals surface area contributed by atoms with Crippen molar-refractivity contribution in [2.45, 2.75) is 31.9 Å². The molecule has 1 aliphatic rings. The second kappa shape index (κ2) is 7.74. The fraction of sp³-hybridized carbons (Fsp3) is 0.476. The molecule has 1 N–H and O–H groups in total. The van der Waals surface area contributed by atoms with Gasteiger partial charge in [-0.3, -0.25) is 4.79 Å². The molecule has 0 unspecified atom stereocenters. The van der Waals surface area contributed by atoms with E-state index < -0.39 is 11.7 Å². The molecule has 156 valence electrons. The van der Waals surface area contributed by atoms with E-state index in [9.17, 15) is 18.0 Å². The number of furan rings is 1. The first kappa shape index (κ1) is 19.8. The van der Waals surface area contributed by atoms with Gasteiger partial charge in [-0.25, -0.2) is 0 Å². The molecule has 29 heavy (non-hydrogen) atoms. The predicted molar refractivity (Wildman–Crippen MR) is 105 cm³/mol. The molecule has 1 saturated heterocycles. The molecule has 1 aromatic carbocycles. The number of aryl methyl sites for hydroxylation is 1. The smallest absolute Gasteiger partial charge is 0.416 e. The van der Waals surface area contributed by atoms with Crippen LogP contribution in [0.5, 0.6) is 0 Å². The highest BCUT2D eigenvalue weighted by Crippen LogP contribution is 2.36. The van der Waals surface area contributed by atoms with E-state index in [-0.39, 0.29) is 11.7 Å². The zero-order chi connectivity index (χ0) is 20.6. The third-order valence-corrected chi connectivity index (χ3v) is 5.61. The van der Waals surface area contributed by atoms with Crippen molar-refractivity contribution < 1.29 is 22.4 Å². The third kappa shape index (κ3) is 3.99. The van der Waals surface area contributed by atoms with Crippen molar-refractivity contribution in [2.75, 3.05) is 26.2 Å². The quantitative estimate of drug-likeness (QED) is 0.632. The highest BCUT2D eigenvalue weighted by atomic mass is 19.4. The van der Waals surface area contributed by atoms with Crippen molar-refractivity contribution in [3.05, 3.63) is 35.6 Å². The third-order valence-electron chi connectivity index (χ3n) is 5.61. The van der Waals surface area contributed by atoms with E-state index >= 15 is 0 Å². The Morgan fingerprint density at radius 1 is 1.14 bits per heavy atom. The Hall–Kier alpha value is -2.48. The number of rotatable bonds is 5. The summed E-state index contributed by atoms with van der Waals surface area (Å²) in [7, 11) is 1.67. The standard InChI is InChI=1S/C21H24F3N3O2/c1-26-16-12-14(21(22,23)24)6-7-15(16)19-17(26)13-18(29-19)20(28)25-8-5-11-27-9-3-2-4-10-27/h6-7,12-13H,2-5,8-11H2,1H3,(H,25,28). The number of carbonyl (C=O) groups is 1. The van der Waals surface area contributed by atoms with Gasteiger partial charge in [-0.15, -0.1) is 0 Å². The summed E-state index contributed by atoms with van der Waals surface area (Å²) < 4.78 is 46.3. The van der Waals surface area contributed by atoms with E-state index in [1.807, 2.05) is 0 Å². The highest BCUT2D eigenvalue weighted by Gasteiger charge is 2.31. The number of aromatic nitrogens is 1. The Bertz CT molecular complexity index is 1030. The minimum absolute atomic E-state index is 0.172. The maximum absolute atomic E-state index is 13.0. The van der Waals surface area contributed by atoms with Gasteiger partial charge in [0.05, 0.1) is 16.6 Å². The SMILES string of the molecule is Cn1c2cc(C(F)(F)F)ccc2c2oc(C(=O)NCCCN3CCCCC3)cc21. The summed E-state index contributed by atoms with van der Waals surface area (Å²) in [4.78, 5) is 14.8. The van der Waals surface area contributed by atoms with Gasteiger partial charge in [0.2, 0.25) is 0 Å². The summed E-state index contributed by atoms with van der Waals surface area (Å²) in [6, 6.07) is 5.11. The lowest BCUT2D eigenvalue weighted by atomic mass is 10.1. The number of hydrogen-bond acceptors (Lipinski definition) is 3. The Morgan fingerprint density at radius 3 is 2.62 bits per heavy atom. The molecular formula is C21H24F3N3O2. The fourth-order valence-electron chi connectivity index (χ4n) is 4.02. The summed E-state index contributed by atoms with van der Waals surface area (Å²) in [6.07, 6.45) is 0.243. The monoisotopic (exact) mass is 407 g/mol. The number of amides is 1. The van der Waals surface area contributed by atoms with Gasteiger partial charge in [0.1, 0.15) is 0 Å². The second-order valence-corrected chi connectivity index (χ2v) is 7.63. The number of fused-ring (bicyclic) bond motifs is 3. The lowest BCUT2D eigenvalue weighted by molar-refractivity contribution is -0.137. The van der Waals surface area contributed by atoms with Crippen LogP contribution in [0.15, 0.2) is 28.7 Å². The minimum Gasteiger partial charge on any atom is -0.449 e. The molecule has 2 aromatic heterocycles. The molecule has 1 fully saturated rings. The molecule has 0 aliphatic carbocycles. The van der Waals surface area contributed by atoms with Gasteiger partial charge in [-0.1, -0.05) is 6.42 Å². The van der Waals surface area contributed by atoms with Gasteiger partial charge in [0.15, 0.2) is 11.3 Å². The zero-order valence-electron chi connectivity index (χ0n) is 16.3. The first-order valence-corrected chi connectivity index (χ1v) is 9.94. The molecule has 3 aromatic rings. The topological polar surface area (TPSA) is 50.4 Å². The van der Waals surface area contributed by atoms with Crippen LogP contribution >= 0.6 is 0 Å². The van der Waals surface area contributed by atoms with E-state index in [1.165, 1.54) is 25.3 Å². The van der Waals surface area contributed by atoms with Crippen LogP contribution in [-0.4, -0.2) is 41.6 Å². The van der Waals surface area contributed by atoms with E-state index in [4.69, 9.17) is 4.42 Å². The Kier molecular flexibility index (Phi) is 5.29. The van der Waals surface area contributed by atoms with Crippen LogP contribution in [-0.2, 0) is 13.2 Å². The first-order chi connectivity index (χ1) is 13.8. The number of piperidine rings is 1. The van der Waals surface area contributed by atoms with Gasteiger partial charge in [0, 0.05) is 25.0 Å². The molecule has 5 nitrogen and oxygen atoms in total. The summed E-state index contributed by atoms with van der Waals surface area (Å²) in [5.74, 6) is -0.134. The summed E-state index contributed by atoms with van der Waals surface area (Å²) in [5, 5.41) is 3.42. The van der Waals surface area contributed by atoms with Crippen molar-refractivity contribution in [1.82, 2.24) is 14.8 Å². The number of likely N-dealkylation sites (tertiary alicyclic amines) is 1. The number of carbonyl (C=O) groups excluding carboxylic acids is 1. The maximum atomic E-state index is 13.0. The van der Waals surface area contributed by atoms with E-state index in [2.05, 4.69) is 10.2 Å².